The Bertz CT molecular complexity index is 435. The van der Waals surface area contributed by atoms with Gasteiger partial charge < -0.3 is 9.16 Å². The molecule has 0 atom stereocenters. The lowest BCUT2D eigenvalue weighted by atomic mass is 10.2. The minimum atomic E-state index is -1.65. The molecule has 0 fully saturated rings. The van der Waals surface area contributed by atoms with Gasteiger partial charge in [-0.25, -0.2) is 0 Å². The second kappa shape index (κ2) is 5.91. The fourth-order valence-electron chi connectivity index (χ4n) is 1.28. The molecule has 0 aliphatic carbocycles. The molecule has 0 aromatic heterocycles. The quantitative estimate of drug-likeness (QED) is 0.560. The largest absolute Gasteiger partial charge is 0.519 e. The number of hydrogen-bond donors (Lipinski definition) is 0. The summed E-state index contributed by atoms with van der Waals surface area (Å²) < 4.78 is 11.7. The van der Waals surface area contributed by atoms with E-state index < -0.39 is 8.32 Å². The average molecular weight is 262 g/mol. The minimum absolute atomic E-state index is 0.625. The molecule has 18 heavy (non-hydrogen) atoms. The molecular formula is C15H22O2Si. The first-order chi connectivity index (χ1) is 8.31. The van der Waals surface area contributed by atoms with Crippen LogP contribution in [0.25, 0.3) is 6.08 Å². The van der Waals surface area contributed by atoms with Crippen molar-refractivity contribution >= 4 is 14.4 Å². The summed E-state index contributed by atoms with van der Waals surface area (Å²) in [6.45, 7) is 14.1. The molecular weight excluding hydrogens is 240 g/mol. The van der Waals surface area contributed by atoms with Gasteiger partial charge in [0.05, 0.1) is 0 Å². The first-order valence-corrected chi connectivity index (χ1v) is 9.49. The SMILES string of the molecule is C=Cc1ccc(OC(O[Si](C)(C)C)=C(C)C)cc1. The predicted octanol–water partition coefficient (Wildman–Crippen LogP) is 4.81. The summed E-state index contributed by atoms with van der Waals surface area (Å²) in [5.41, 5.74) is 2.12. The number of ether oxygens (including phenoxy) is 1. The highest BCUT2D eigenvalue weighted by Crippen LogP contribution is 2.21. The van der Waals surface area contributed by atoms with Crippen LogP contribution in [0.1, 0.15) is 19.4 Å². The summed E-state index contributed by atoms with van der Waals surface area (Å²) in [6.07, 6.45) is 1.81. The van der Waals surface area contributed by atoms with Crippen molar-refractivity contribution in [2.75, 3.05) is 0 Å². The molecule has 1 aromatic rings. The van der Waals surface area contributed by atoms with E-state index >= 15 is 0 Å². The molecule has 0 amide bonds. The van der Waals surface area contributed by atoms with Crippen LogP contribution in [0.4, 0.5) is 0 Å². The molecule has 0 spiro atoms. The topological polar surface area (TPSA) is 18.5 Å². The van der Waals surface area contributed by atoms with E-state index in [0.717, 1.165) is 16.9 Å². The van der Waals surface area contributed by atoms with Crippen molar-refractivity contribution in [3.8, 4) is 5.75 Å². The monoisotopic (exact) mass is 262 g/mol. The van der Waals surface area contributed by atoms with Gasteiger partial charge in [0.15, 0.2) is 0 Å². The predicted molar refractivity (Wildman–Crippen MR) is 80.0 cm³/mol. The van der Waals surface area contributed by atoms with Gasteiger partial charge in [0, 0.05) is 5.57 Å². The lowest BCUT2D eigenvalue weighted by molar-refractivity contribution is 0.215. The highest BCUT2D eigenvalue weighted by atomic mass is 28.4. The van der Waals surface area contributed by atoms with E-state index in [0.29, 0.717) is 5.95 Å². The van der Waals surface area contributed by atoms with Crippen molar-refractivity contribution < 1.29 is 9.16 Å². The Balaban J connectivity index is 2.84. The van der Waals surface area contributed by atoms with Crippen LogP contribution in [-0.2, 0) is 4.43 Å². The molecule has 0 radical (unpaired) electrons. The van der Waals surface area contributed by atoms with Gasteiger partial charge in [-0.1, -0.05) is 24.8 Å². The Morgan fingerprint density at radius 1 is 1.11 bits per heavy atom. The molecule has 0 bridgehead atoms. The van der Waals surface area contributed by atoms with Crippen LogP contribution in [-0.4, -0.2) is 8.32 Å². The molecule has 2 nitrogen and oxygen atoms in total. The smallest absolute Gasteiger partial charge is 0.269 e. The van der Waals surface area contributed by atoms with Gasteiger partial charge in [0.25, 0.3) is 5.95 Å². The Labute approximate surface area is 111 Å². The first kappa shape index (κ1) is 14.6. The molecule has 1 aromatic carbocycles. The highest BCUT2D eigenvalue weighted by molar-refractivity contribution is 6.70. The van der Waals surface area contributed by atoms with Crippen LogP contribution < -0.4 is 4.74 Å². The van der Waals surface area contributed by atoms with E-state index in [1.165, 1.54) is 0 Å². The number of hydrogen-bond acceptors (Lipinski definition) is 2. The third kappa shape index (κ3) is 4.80. The third-order valence-corrected chi connectivity index (χ3v) is 2.93. The molecule has 0 saturated carbocycles. The van der Waals surface area contributed by atoms with Crippen LogP contribution in [0.2, 0.25) is 19.6 Å². The Morgan fingerprint density at radius 3 is 2.06 bits per heavy atom. The van der Waals surface area contributed by atoms with Gasteiger partial charge in [-0.2, -0.15) is 0 Å². The highest BCUT2D eigenvalue weighted by Gasteiger charge is 2.19. The van der Waals surface area contributed by atoms with Gasteiger partial charge in [0.2, 0.25) is 8.32 Å². The van der Waals surface area contributed by atoms with Gasteiger partial charge in [-0.05, 0) is 51.2 Å². The fraction of sp³-hybridized carbons (Fsp3) is 0.333. The maximum Gasteiger partial charge on any atom is 0.269 e. The van der Waals surface area contributed by atoms with Gasteiger partial charge in [0.1, 0.15) is 5.75 Å². The Morgan fingerprint density at radius 2 is 1.67 bits per heavy atom. The lowest BCUT2D eigenvalue weighted by Crippen LogP contribution is -2.27. The van der Waals surface area contributed by atoms with Crippen molar-refractivity contribution in [3.05, 3.63) is 47.9 Å². The van der Waals surface area contributed by atoms with Crippen molar-refractivity contribution in [3.63, 3.8) is 0 Å². The van der Waals surface area contributed by atoms with E-state index in [-0.39, 0.29) is 0 Å². The summed E-state index contributed by atoms with van der Waals surface area (Å²) in [7, 11) is -1.65. The van der Waals surface area contributed by atoms with E-state index in [9.17, 15) is 0 Å². The molecule has 1 rings (SSSR count). The van der Waals surface area contributed by atoms with Crippen LogP contribution in [0.15, 0.2) is 42.4 Å². The molecule has 98 valence electrons. The van der Waals surface area contributed by atoms with Crippen molar-refractivity contribution in [2.24, 2.45) is 0 Å². The van der Waals surface area contributed by atoms with Crippen LogP contribution in [0, 0.1) is 0 Å². The number of rotatable bonds is 5. The second-order valence-corrected chi connectivity index (χ2v) is 9.81. The molecule has 0 heterocycles. The van der Waals surface area contributed by atoms with Crippen LogP contribution in [0.5, 0.6) is 5.75 Å². The summed E-state index contributed by atoms with van der Waals surface area (Å²) >= 11 is 0. The van der Waals surface area contributed by atoms with E-state index in [1.807, 2.05) is 44.2 Å². The summed E-state index contributed by atoms with van der Waals surface area (Å²) in [6, 6.07) is 7.79. The minimum Gasteiger partial charge on any atom is -0.519 e. The van der Waals surface area contributed by atoms with Crippen molar-refractivity contribution in [1.82, 2.24) is 0 Å². The van der Waals surface area contributed by atoms with Crippen molar-refractivity contribution in [2.45, 2.75) is 33.5 Å². The summed E-state index contributed by atoms with van der Waals surface area (Å²) in [5, 5.41) is 0. The van der Waals surface area contributed by atoms with Crippen LogP contribution in [0.3, 0.4) is 0 Å². The van der Waals surface area contributed by atoms with Gasteiger partial charge in [-0.15, -0.1) is 0 Å². The van der Waals surface area contributed by atoms with E-state index in [2.05, 4.69) is 26.2 Å². The van der Waals surface area contributed by atoms with Crippen LogP contribution >= 0.6 is 0 Å². The first-order valence-electron chi connectivity index (χ1n) is 6.08. The molecule has 0 unspecified atom stereocenters. The Kier molecular flexibility index (Phi) is 4.79. The third-order valence-electron chi connectivity index (χ3n) is 2.13. The van der Waals surface area contributed by atoms with E-state index in [4.69, 9.17) is 9.16 Å². The molecule has 0 N–H and O–H groups in total. The van der Waals surface area contributed by atoms with Gasteiger partial charge in [-0.3, -0.25) is 0 Å². The summed E-state index contributed by atoms with van der Waals surface area (Å²) in [5.74, 6) is 1.41. The normalized spacial score (nSPS) is 10.7. The maximum atomic E-state index is 5.94. The average Bonchev–Trinajstić information content (AvgIpc) is 2.27. The molecule has 3 heteroatoms. The van der Waals surface area contributed by atoms with E-state index in [1.54, 1.807) is 0 Å². The van der Waals surface area contributed by atoms with Gasteiger partial charge >= 0.3 is 0 Å². The number of benzene rings is 1. The standard InChI is InChI=1S/C15H22O2Si/c1-7-13-8-10-14(11-9-13)16-15(12(2)3)17-18(4,5)6/h7-11H,1H2,2-6H3. The zero-order valence-electron chi connectivity index (χ0n) is 11.9. The molecule has 0 aliphatic rings. The molecule has 0 aliphatic heterocycles. The second-order valence-electron chi connectivity index (χ2n) is 5.38. The fourth-order valence-corrected chi connectivity index (χ4v) is 2.08. The summed E-state index contributed by atoms with van der Waals surface area (Å²) in [4.78, 5) is 0. The zero-order chi connectivity index (χ0) is 13.8. The maximum absolute atomic E-state index is 5.94. The lowest BCUT2D eigenvalue weighted by Gasteiger charge is -2.22. The van der Waals surface area contributed by atoms with Crippen molar-refractivity contribution in [1.29, 1.82) is 0 Å². The zero-order valence-corrected chi connectivity index (χ0v) is 12.9. The molecule has 0 saturated heterocycles. The number of allylic oxidation sites excluding steroid dienone is 1. The Hall–Kier alpha value is -1.48.